The summed E-state index contributed by atoms with van der Waals surface area (Å²) in [7, 11) is 1.70. The van der Waals surface area contributed by atoms with Crippen LogP contribution in [0.15, 0.2) is 29.1 Å². The second-order valence-corrected chi connectivity index (χ2v) is 4.90. The number of nitrogens with one attached hydrogen (secondary N) is 1. The first kappa shape index (κ1) is 13.3. The van der Waals surface area contributed by atoms with E-state index in [4.69, 9.17) is 5.26 Å². The molecule has 0 spiro atoms. The number of nitrogens with zero attached hydrogens (tertiary/aromatic N) is 2. The molecule has 2 aromatic rings. The van der Waals surface area contributed by atoms with Crippen LogP contribution in [0.3, 0.4) is 0 Å². The van der Waals surface area contributed by atoms with Crippen LogP contribution in [0, 0.1) is 11.3 Å². The second-order valence-electron chi connectivity index (χ2n) is 4.12. The highest BCUT2D eigenvalue weighted by molar-refractivity contribution is 7.07. The minimum atomic E-state index is -0.717. The van der Waals surface area contributed by atoms with Crippen molar-refractivity contribution in [2.24, 2.45) is 7.05 Å². The first-order valence-electron chi connectivity index (χ1n) is 5.66. The summed E-state index contributed by atoms with van der Waals surface area (Å²) in [5.41, 5.74) is 1.62. The van der Waals surface area contributed by atoms with Crippen LogP contribution in [0.4, 0.5) is 0 Å². The van der Waals surface area contributed by atoms with Gasteiger partial charge in [0.2, 0.25) is 0 Å². The molecule has 2 heterocycles. The minimum Gasteiger partial charge on any atom is -0.387 e. The number of carbonyl (C=O) groups is 1. The van der Waals surface area contributed by atoms with Gasteiger partial charge in [-0.1, -0.05) is 0 Å². The Morgan fingerprint density at radius 3 is 3.05 bits per heavy atom. The number of thiophene rings is 1. The van der Waals surface area contributed by atoms with E-state index in [2.05, 4.69) is 5.32 Å². The zero-order valence-corrected chi connectivity index (χ0v) is 11.1. The van der Waals surface area contributed by atoms with Crippen molar-refractivity contribution in [2.45, 2.75) is 6.10 Å². The smallest absolute Gasteiger partial charge is 0.268 e. The quantitative estimate of drug-likeness (QED) is 0.885. The van der Waals surface area contributed by atoms with Gasteiger partial charge < -0.3 is 15.0 Å². The van der Waals surface area contributed by atoms with Crippen LogP contribution in [0.2, 0.25) is 0 Å². The Balaban J connectivity index is 1.98. The molecule has 0 bridgehead atoms. The summed E-state index contributed by atoms with van der Waals surface area (Å²) in [6.07, 6.45) is 0.871. The number of aliphatic hydroxyl groups is 1. The zero-order valence-electron chi connectivity index (χ0n) is 10.3. The van der Waals surface area contributed by atoms with Crippen LogP contribution in [-0.4, -0.2) is 22.1 Å². The summed E-state index contributed by atoms with van der Waals surface area (Å²) < 4.78 is 1.59. The zero-order chi connectivity index (χ0) is 13.8. The van der Waals surface area contributed by atoms with Crippen molar-refractivity contribution >= 4 is 17.2 Å². The predicted molar refractivity (Wildman–Crippen MR) is 71.7 cm³/mol. The predicted octanol–water partition coefficient (Wildman–Crippen LogP) is 1.42. The van der Waals surface area contributed by atoms with Crippen LogP contribution in [0.1, 0.15) is 27.7 Å². The lowest BCUT2D eigenvalue weighted by Gasteiger charge is -2.10. The number of amides is 1. The van der Waals surface area contributed by atoms with E-state index in [-0.39, 0.29) is 12.5 Å². The lowest BCUT2D eigenvalue weighted by Crippen LogP contribution is -2.29. The molecule has 5 nitrogen and oxygen atoms in total. The second kappa shape index (κ2) is 5.69. The van der Waals surface area contributed by atoms with Crippen molar-refractivity contribution in [1.82, 2.24) is 9.88 Å². The summed E-state index contributed by atoms with van der Waals surface area (Å²) in [6, 6.07) is 5.32. The molecule has 0 radical (unpaired) electrons. The molecule has 0 aliphatic heterocycles. The third-order valence-corrected chi connectivity index (χ3v) is 3.45. The normalized spacial score (nSPS) is 11.8. The molecule has 2 aromatic heterocycles. The Bertz CT molecular complexity index is 610. The molecule has 19 heavy (non-hydrogen) atoms. The Morgan fingerprint density at radius 1 is 1.68 bits per heavy atom. The van der Waals surface area contributed by atoms with Gasteiger partial charge in [0.1, 0.15) is 11.8 Å². The van der Waals surface area contributed by atoms with Gasteiger partial charge in [0.05, 0.1) is 11.7 Å². The number of rotatable bonds is 4. The van der Waals surface area contributed by atoms with Gasteiger partial charge in [-0.2, -0.15) is 16.6 Å². The van der Waals surface area contributed by atoms with Crippen molar-refractivity contribution < 1.29 is 9.90 Å². The van der Waals surface area contributed by atoms with Gasteiger partial charge >= 0.3 is 0 Å². The van der Waals surface area contributed by atoms with Gasteiger partial charge in [-0.25, -0.2) is 0 Å². The molecule has 0 aliphatic carbocycles. The highest BCUT2D eigenvalue weighted by Gasteiger charge is 2.14. The molecule has 0 aliphatic rings. The van der Waals surface area contributed by atoms with E-state index in [0.29, 0.717) is 11.3 Å². The minimum absolute atomic E-state index is 0.142. The van der Waals surface area contributed by atoms with Gasteiger partial charge in [0, 0.05) is 19.8 Å². The molecule has 1 unspecified atom stereocenters. The fraction of sp³-hybridized carbons (Fsp3) is 0.231. The van der Waals surface area contributed by atoms with Crippen molar-refractivity contribution in [3.8, 4) is 6.07 Å². The van der Waals surface area contributed by atoms with Gasteiger partial charge in [-0.15, -0.1) is 0 Å². The summed E-state index contributed by atoms with van der Waals surface area (Å²) in [5.74, 6) is -0.307. The van der Waals surface area contributed by atoms with Crippen LogP contribution >= 0.6 is 11.3 Å². The van der Waals surface area contributed by atoms with Crippen molar-refractivity contribution in [3.05, 3.63) is 45.9 Å². The summed E-state index contributed by atoms with van der Waals surface area (Å²) in [6.45, 7) is 0.142. The van der Waals surface area contributed by atoms with Gasteiger partial charge in [-0.05, 0) is 28.5 Å². The van der Waals surface area contributed by atoms with E-state index >= 15 is 0 Å². The molecule has 1 amide bonds. The number of aryl methyl sites for hydroxylation is 1. The lowest BCUT2D eigenvalue weighted by molar-refractivity contribution is 0.0908. The van der Waals surface area contributed by atoms with Gasteiger partial charge in [0.25, 0.3) is 5.91 Å². The van der Waals surface area contributed by atoms with E-state index in [9.17, 15) is 9.90 Å². The number of hydrogen-bond donors (Lipinski definition) is 2. The molecular weight excluding hydrogens is 262 g/mol. The maximum absolute atomic E-state index is 11.9. The molecular formula is C13H13N3O2S. The molecule has 98 valence electrons. The first-order valence-corrected chi connectivity index (χ1v) is 6.61. The highest BCUT2D eigenvalue weighted by Crippen LogP contribution is 2.15. The van der Waals surface area contributed by atoms with Gasteiger partial charge in [-0.3, -0.25) is 4.79 Å². The highest BCUT2D eigenvalue weighted by atomic mass is 32.1. The number of hydrogen-bond acceptors (Lipinski definition) is 4. The number of nitriles is 1. The maximum atomic E-state index is 11.9. The largest absolute Gasteiger partial charge is 0.387 e. The monoisotopic (exact) mass is 275 g/mol. The topological polar surface area (TPSA) is 78.0 Å². The third-order valence-electron chi connectivity index (χ3n) is 2.75. The molecule has 0 fully saturated rings. The molecule has 0 aromatic carbocycles. The van der Waals surface area contributed by atoms with E-state index in [0.717, 1.165) is 5.56 Å². The SMILES string of the molecule is Cn1cc(C#N)cc1C(=O)NCC(O)c1ccsc1. The van der Waals surface area contributed by atoms with Crippen molar-refractivity contribution in [1.29, 1.82) is 5.26 Å². The van der Waals surface area contributed by atoms with Crippen LogP contribution < -0.4 is 5.32 Å². The fourth-order valence-electron chi connectivity index (χ4n) is 1.71. The fourth-order valence-corrected chi connectivity index (χ4v) is 2.42. The van der Waals surface area contributed by atoms with E-state index in [1.54, 1.807) is 17.8 Å². The molecule has 0 saturated carbocycles. The first-order chi connectivity index (χ1) is 9.11. The average molecular weight is 275 g/mol. The summed E-state index contributed by atoms with van der Waals surface area (Å²) in [4.78, 5) is 11.9. The number of aliphatic hydroxyl groups excluding tert-OH is 1. The van der Waals surface area contributed by atoms with E-state index in [1.165, 1.54) is 17.4 Å². The Labute approximate surface area is 114 Å². The standard InChI is InChI=1S/C13H13N3O2S/c1-16-7-9(5-14)4-11(16)13(18)15-6-12(17)10-2-3-19-8-10/h2-4,7-8,12,17H,6H2,1H3,(H,15,18). The molecule has 2 rings (SSSR count). The molecule has 6 heteroatoms. The van der Waals surface area contributed by atoms with E-state index in [1.807, 2.05) is 22.9 Å². The molecule has 0 saturated heterocycles. The van der Waals surface area contributed by atoms with Crippen LogP contribution in [-0.2, 0) is 7.05 Å². The molecule has 1 atom stereocenters. The Morgan fingerprint density at radius 2 is 2.47 bits per heavy atom. The van der Waals surface area contributed by atoms with Crippen LogP contribution in [0.5, 0.6) is 0 Å². The Hall–Kier alpha value is -2.10. The number of aromatic nitrogens is 1. The summed E-state index contributed by atoms with van der Waals surface area (Å²) >= 11 is 1.49. The Kier molecular flexibility index (Phi) is 4.00. The van der Waals surface area contributed by atoms with Gasteiger partial charge in [0.15, 0.2) is 0 Å². The average Bonchev–Trinajstić information content (AvgIpc) is 3.04. The van der Waals surface area contributed by atoms with Crippen molar-refractivity contribution in [3.63, 3.8) is 0 Å². The molecule has 2 N–H and O–H groups in total. The summed E-state index contributed by atoms with van der Waals surface area (Å²) in [5, 5.41) is 25.0. The van der Waals surface area contributed by atoms with Crippen LogP contribution in [0.25, 0.3) is 0 Å². The third kappa shape index (κ3) is 3.02. The number of carbonyl (C=O) groups excluding carboxylic acids is 1. The lowest BCUT2D eigenvalue weighted by atomic mass is 10.2. The van der Waals surface area contributed by atoms with Crippen molar-refractivity contribution in [2.75, 3.05) is 6.54 Å². The van der Waals surface area contributed by atoms with E-state index < -0.39 is 6.10 Å². The maximum Gasteiger partial charge on any atom is 0.268 e.